The summed E-state index contributed by atoms with van der Waals surface area (Å²) in [4.78, 5) is 28.1. The topological polar surface area (TPSA) is 70.7 Å². The van der Waals surface area contributed by atoms with Crippen LogP contribution in [0, 0.1) is 0 Å². The lowest BCUT2D eigenvalue weighted by atomic mass is 10.0. The number of halogens is 1. The van der Waals surface area contributed by atoms with E-state index in [1.54, 1.807) is 18.2 Å². The molecule has 1 saturated heterocycles. The van der Waals surface area contributed by atoms with Crippen LogP contribution in [0.15, 0.2) is 78.9 Å². The summed E-state index contributed by atoms with van der Waals surface area (Å²) in [6, 6.07) is 23.5. The quantitative estimate of drug-likeness (QED) is 0.534. The van der Waals surface area contributed by atoms with Crippen LogP contribution in [0.2, 0.25) is 5.02 Å². The Bertz CT molecular complexity index is 1090. The van der Waals surface area contributed by atoms with Gasteiger partial charge in [-0.25, -0.2) is 0 Å². The van der Waals surface area contributed by atoms with E-state index in [1.165, 1.54) is 0 Å². The molecule has 3 aromatic rings. The number of anilines is 2. The maximum atomic E-state index is 13.1. The Morgan fingerprint density at radius 3 is 2.30 bits per heavy atom. The molecule has 1 atom stereocenters. The molecule has 0 spiro atoms. The summed E-state index contributed by atoms with van der Waals surface area (Å²) in [5.41, 5.74) is 2.95. The number of amides is 2. The number of carbonyl (C=O) groups excluding carboxylic acids is 2. The standard InChI is InChI=1S/C26H26ClN3O3/c27-21-11-12-24(30-13-15-33-16-14-30)23(17-21)28-25(31)18-22(19-7-3-1-4-8-19)29-26(32)20-9-5-2-6-10-20/h1-12,17,22H,13-16,18H2,(H,28,31)(H,29,32). The van der Waals surface area contributed by atoms with E-state index in [2.05, 4.69) is 15.5 Å². The Morgan fingerprint density at radius 1 is 0.939 bits per heavy atom. The fourth-order valence-electron chi connectivity index (χ4n) is 3.84. The maximum Gasteiger partial charge on any atom is 0.251 e. The number of nitrogens with zero attached hydrogens (tertiary/aromatic N) is 1. The number of nitrogens with one attached hydrogen (secondary N) is 2. The smallest absolute Gasteiger partial charge is 0.251 e. The van der Waals surface area contributed by atoms with Crippen LogP contribution in [0.5, 0.6) is 0 Å². The summed E-state index contributed by atoms with van der Waals surface area (Å²) in [7, 11) is 0. The number of hydrogen-bond acceptors (Lipinski definition) is 4. The molecule has 0 aliphatic carbocycles. The van der Waals surface area contributed by atoms with E-state index < -0.39 is 6.04 Å². The third-order valence-corrected chi connectivity index (χ3v) is 5.75. The molecule has 1 unspecified atom stereocenters. The maximum absolute atomic E-state index is 13.1. The lowest BCUT2D eigenvalue weighted by Crippen LogP contribution is -2.37. The molecule has 0 saturated carbocycles. The molecule has 1 aliphatic rings. The van der Waals surface area contributed by atoms with Crippen LogP contribution in [0.25, 0.3) is 0 Å². The van der Waals surface area contributed by atoms with Gasteiger partial charge in [-0.2, -0.15) is 0 Å². The molecule has 2 amide bonds. The average molecular weight is 464 g/mol. The molecule has 0 radical (unpaired) electrons. The molecule has 1 heterocycles. The Labute approximate surface area is 198 Å². The third kappa shape index (κ3) is 6.12. The van der Waals surface area contributed by atoms with Gasteiger partial charge in [-0.1, -0.05) is 60.1 Å². The highest BCUT2D eigenvalue weighted by molar-refractivity contribution is 6.31. The number of ether oxygens (including phenoxy) is 1. The molecule has 0 bridgehead atoms. The van der Waals surface area contributed by atoms with Crippen LogP contribution in [-0.2, 0) is 9.53 Å². The van der Waals surface area contributed by atoms with E-state index in [9.17, 15) is 9.59 Å². The van der Waals surface area contributed by atoms with Gasteiger partial charge in [-0.15, -0.1) is 0 Å². The molecule has 7 heteroatoms. The normalized spacial score (nSPS) is 14.4. The van der Waals surface area contributed by atoms with Gasteiger partial charge < -0.3 is 20.3 Å². The molecular weight excluding hydrogens is 438 g/mol. The summed E-state index contributed by atoms with van der Waals surface area (Å²) < 4.78 is 5.45. The predicted molar refractivity (Wildman–Crippen MR) is 131 cm³/mol. The van der Waals surface area contributed by atoms with E-state index in [-0.39, 0.29) is 18.2 Å². The Morgan fingerprint density at radius 2 is 1.61 bits per heavy atom. The number of benzene rings is 3. The van der Waals surface area contributed by atoms with Gasteiger partial charge in [0.05, 0.1) is 37.1 Å². The zero-order valence-corrected chi connectivity index (χ0v) is 18.9. The number of morpholine rings is 1. The summed E-state index contributed by atoms with van der Waals surface area (Å²) in [5, 5.41) is 6.55. The Balaban J connectivity index is 1.52. The van der Waals surface area contributed by atoms with E-state index in [4.69, 9.17) is 16.3 Å². The SMILES string of the molecule is O=C(CC(NC(=O)c1ccccc1)c1ccccc1)Nc1cc(Cl)ccc1N1CCOCC1. The highest BCUT2D eigenvalue weighted by Crippen LogP contribution is 2.30. The monoisotopic (exact) mass is 463 g/mol. The van der Waals surface area contributed by atoms with E-state index in [1.807, 2.05) is 60.7 Å². The zero-order valence-electron chi connectivity index (χ0n) is 18.2. The fourth-order valence-corrected chi connectivity index (χ4v) is 4.02. The molecule has 3 aromatic carbocycles. The zero-order chi connectivity index (χ0) is 23.0. The lowest BCUT2D eigenvalue weighted by Gasteiger charge is -2.30. The highest BCUT2D eigenvalue weighted by Gasteiger charge is 2.21. The van der Waals surface area contributed by atoms with Gasteiger partial charge in [0.1, 0.15) is 0 Å². The average Bonchev–Trinajstić information content (AvgIpc) is 2.85. The van der Waals surface area contributed by atoms with Gasteiger partial charge in [0.2, 0.25) is 5.91 Å². The van der Waals surface area contributed by atoms with Gasteiger partial charge in [-0.05, 0) is 35.9 Å². The van der Waals surface area contributed by atoms with Crippen molar-refractivity contribution in [3.05, 3.63) is 95.0 Å². The molecule has 6 nitrogen and oxygen atoms in total. The molecule has 170 valence electrons. The largest absolute Gasteiger partial charge is 0.378 e. The fraction of sp³-hybridized carbons (Fsp3) is 0.231. The second kappa shape index (κ2) is 11.0. The summed E-state index contributed by atoms with van der Waals surface area (Å²) in [6.45, 7) is 2.75. The van der Waals surface area contributed by atoms with Crippen molar-refractivity contribution in [3.8, 4) is 0 Å². The van der Waals surface area contributed by atoms with Gasteiger partial charge in [0.25, 0.3) is 5.91 Å². The van der Waals surface area contributed by atoms with Crippen molar-refractivity contribution in [2.45, 2.75) is 12.5 Å². The van der Waals surface area contributed by atoms with Crippen molar-refractivity contribution >= 4 is 34.8 Å². The van der Waals surface area contributed by atoms with Gasteiger partial charge >= 0.3 is 0 Å². The first-order valence-corrected chi connectivity index (χ1v) is 11.3. The van der Waals surface area contributed by atoms with Crippen LogP contribution in [-0.4, -0.2) is 38.1 Å². The lowest BCUT2D eigenvalue weighted by molar-refractivity contribution is -0.116. The first kappa shape index (κ1) is 22.8. The Hall–Kier alpha value is -3.35. The number of rotatable bonds is 7. The van der Waals surface area contributed by atoms with E-state index in [0.29, 0.717) is 29.5 Å². The van der Waals surface area contributed by atoms with Crippen LogP contribution >= 0.6 is 11.6 Å². The molecular formula is C26H26ClN3O3. The number of hydrogen-bond donors (Lipinski definition) is 2. The first-order valence-electron chi connectivity index (χ1n) is 10.9. The van der Waals surface area contributed by atoms with Crippen molar-refractivity contribution in [3.63, 3.8) is 0 Å². The molecule has 1 fully saturated rings. The molecule has 4 rings (SSSR count). The van der Waals surface area contributed by atoms with Crippen molar-refractivity contribution in [2.24, 2.45) is 0 Å². The summed E-state index contributed by atoms with van der Waals surface area (Å²) in [5.74, 6) is -0.442. The molecule has 33 heavy (non-hydrogen) atoms. The minimum absolute atomic E-state index is 0.0810. The van der Waals surface area contributed by atoms with Gasteiger partial charge in [0, 0.05) is 23.7 Å². The van der Waals surface area contributed by atoms with Crippen LogP contribution in [0.3, 0.4) is 0 Å². The van der Waals surface area contributed by atoms with Crippen molar-refractivity contribution in [1.29, 1.82) is 0 Å². The molecule has 0 aromatic heterocycles. The summed E-state index contributed by atoms with van der Waals surface area (Å²) >= 11 is 6.23. The minimum atomic E-state index is -0.482. The van der Waals surface area contributed by atoms with Gasteiger partial charge in [0.15, 0.2) is 0 Å². The number of carbonyl (C=O) groups is 2. The van der Waals surface area contributed by atoms with E-state index >= 15 is 0 Å². The predicted octanol–water partition coefficient (Wildman–Crippen LogP) is 4.68. The first-order chi connectivity index (χ1) is 16.1. The van der Waals surface area contributed by atoms with Crippen LogP contribution in [0.1, 0.15) is 28.4 Å². The minimum Gasteiger partial charge on any atom is -0.378 e. The second-order valence-electron chi connectivity index (χ2n) is 7.82. The van der Waals surface area contributed by atoms with Crippen molar-refractivity contribution in [1.82, 2.24) is 5.32 Å². The van der Waals surface area contributed by atoms with Crippen LogP contribution < -0.4 is 15.5 Å². The third-order valence-electron chi connectivity index (χ3n) is 5.52. The Kier molecular flexibility index (Phi) is 7.60. The summed E-state index contributed by atoms with van der Waals surface area (Å²) in [6.07, 6.45) is 0.0810. The second-order valence-corrected chi connectivity index (χ2v) is 8.25. The van der Waals surface area contributed by atoms with Crippen molar-refractivity contribution in [2.75, 3.05) is 36.5 Å². The highest BCUT2D eigenvalue weighted by atomic mass is 35.5. The van der Waals surface area contributed by atoms with Crippen molar-refractivity contribution < 1.29 is 14.3 Å². The molecule has 2 N–H and O–H groups in total. The van der Waals surface area contributed by atoms with Crippen LogP contribution in [0.4, 0.5) is 11.4 Å². The van der Waals surface area contributed by atoms with E-state index in [0.717, 1.165) is 24.3 Å². The molecule has 1 aliphatic heterocycles. The van der Waals surface area contributed by atoms with Gasteiger partial charge in [-0.3, -0.25) is 9.59 Å².